The average molecular weight is 432 g/mol. The third kappa shape index (κ3) is 5.09. The number of fused-ring (bicyclic) bond motifs is 1. The van der Waals surface area contributed by atoms with Crippen molar-refractivity contribution < 1.29 is 9.59 Å². The largest absolute Gasteiger partial charge is 0.352 e. The molecule has 3 aromatic rings. The van der Waals surface area contributed by atoms with Crippen molar-refractivity contribution in [3.63, 3.8) is 0 Å². The second kappa shape index (κ2) is 9.71. The van der Waals surface area contributed by atoms with Gasteiger partial charge in [0.05, 0.1) is 18.7 Å². The third-order valence-corrected chi connectivity index (χ3v) is 6.08. The number of carbonyl (C=O) groups excluding carboxylic acids is 2. The van der Waals surface area contributed by atoms with E-state index in [2.05, 4.69) is 17.6 Å². The molecule has 5 nitrogen and oxygen atoms in total. The lowest BCUT2D eigenvalue weighted by molar-refractivity contribution is -0.115. The first-order chi connectivity index (χ1) is 15.1. The molecule has 0 saturated carbocycles. The van der Waals surface area contributed by atoms with Crippen LogP contribution in [0.25, 0.3) is 0 Å². The zero-order chi connectivity index (χ0) is 21.6. The lowest BCUT2D eigenvalue weighted by Crippen LogP contribution is -2.24. The molecule has 2 aromatic carbocycles. The van der Waals surface area contributed by atoms with E-state index >= 15 is 0 Å². The minimum Gasteiger partial charge on any atom is -0.352 e. The van der Waals surface area contributed by atoms with Crippen LogP contribution in [-0.4, -0.2) is 24.1 Å². The normalized spacial score (nSPS) is 12.2. The van der Waals surface area contributed by atoms with Gasteiger partial charge in [0.2, 0.25) is 5.91 Å². The summed E-state index contributed by atoms with van der Waals surface area (Å²) in [5.74, 6) is -0.0816. The van der Waals surface area contributed by atoms with Crippen molar-refractivity contribution in [3.05, 3.63) is 87.1 Å². The summed E-state index contributed by atoms with van der Waals surface area (Å²) in [5, 5.41) is 7.90. The number of unbranched alkanes of at least 4 members (excludes halogenated alkanes) is 1. The highest BCUT2D eigenvalue weighted by Crippen LogP contribution is 2.26. The summed E-state index contributed by atoms with van der Waals surface area (Å²) in [5.41, 5.74) is 5.42. The quantitative estimate of drug-likeness (QED) is 0.503. The van der Waals surface area contributed by atoms with Gasteiger partial charge in [-0.1, -0.05) is 37.6 Å². The molecule has 31 heavy (non-hydrogen) atoms. The first-order valence-corrected chi connectivity index (χ1v) is 11.4. The van der Waals surface area contributed by atoms with Crippen LogP contribution in [0.4, 0.5) is 5.69 Å². The molecule has 1 aliphatic rings. The molecule has 0 atom stereocenters. The summed E-state index contributed by atoms with van der Waals surface area (Å²) in [6.45, 7) is 3.41. The monoisotopic (exact) mass is 431 g/mol. The van der Waals surface area contributed by atoms with Gasteiger partial charge >= 0.3 is 0 Å². The number of hydrogen-bond donors (Lipinski definition) is 2. The molecule has 6 heteroatoms. The van der Waals surface area contributed by atoms with Gasteiger partial charge in [0.15, 0.2) is 0 Å². The molecule has 0 bridgehead atoms. The molecule has 0 unspecified atom stereocenters. The zero-order valence-corrected chi connectivity index (χ0v) is 18.3. The van der Waals surface area contributed by atoms with Crippen molar-refractivity contribution in [3.8, 4) is 0 Å². The van der Waals surface area contributed by atoms with E-state index < -0.39 is 0 Å². The Labute approximate surface area is 186 Å². The SMILES string of the molecule is CCCCNC(=O)c1ccc(C2=NCc3ccc(NC(=O)Cc4cccs4)cc32)cc1. The predicted molar refractivity (Wildman–Crippen MR) is 126 cm³/mol. The number of hydrogen-bond acceptors (Lipinski definition) is 4. The third-order valence-electron chi connectivity index (χ3n) is 5.21. The van der Waals surface area contributed by atoms with E-state index in [0.717, 1.165) is 45.8 Å². The fourth-order valence-electron chi connectivity index (χ4n) is 3.55. The number of rotatable bonds is 8. The van der Waals surface area contributed by atoms with Gasteiger partial charge in [-0.2, -0.15) is 0 Å². The predicted octanol–water partition coefficient (Wildman–Crippen LogP) is 4.81. The minimum absolute atomic E-state index is 0.0303. The Bertz CT molecular complexity index is 1100. The van der Waals surface area contributed by atoms with Gasteiger partial charge in [-0.25, -0.2) is 0 Å². The van der Waals surface area contributed by atoms with Crippen LogP contribution in [0.15, 0.2) is 65.0 Å². The molecule has 1 aliphatic heterocycles. The Morgan fingerprint density at radius 2 is 1.94 bits per heavy atom. The number of nitrogens with zero attached hydrogens (tertiary/aromatic N) is 1. The van der Waals surface area contributed by atoms with E-state index in [4.69, 9.17) is 4.99 Å². The summed E-state index contributed by atoms with van der Waals surface area (Å²) in [6, 6.07) is 17.4. The number of aliphatic imine (C=N–C) groups is 1. The van der Waals surface area contributed by atoms with E-state index in [1.54, 1.807) is 11.3 Å². The van der Waals surface area contributed by atoms with Crippen LogP contribution in [0.3, 0.4) is 0 Å². The minimum atomic E-state index is -0.0514. The molecular formula is C25H25N3O2S. The Hall–Kier alpha value is -3.25. The molecule has 0 aliphatic carbocycles. The smallest absolute Gasteiger partial charge is 0.251 e. The van der Waals surface area contributed by atoms with Crippen molar-refractivity contribution >= 4 is 34.6 Å². The molecule has 0 saturated heterocycles. The second-order valence-corrected chi connectivity index (χ2v) is 8.56. The van der Waals surface area contributed by atoms with Gasteiger partial charge in [-0.3, -0.25) is 14.6 Å². The fraction of sp³-hybridized carbons (Fsp3) is 0.240. The second-order valence-electron chi connectivity index (χ2n) is 7.53. The molecule has 4 rings (SSSR count). The molecular weight excluding hydrogens is 406 g/mol. The van der Waals surface area contributed by atoms with Crippen molar-refractivity contribution in [1.82, 2.24) is 5.32 Å². The Morgan fingerprint density at radius 1 is 1.10 bits per heavy atom. The van der Waals surface area contributed by atoms with Crippen LogP contribution >= 0.6 is 11.3 Å². The summed E-state index contributed by atoms with van der Waals surface area (Å²) < 4.78 is 0. The van der Waals surface area contributed by atoms with E-state index in [-0.39, 0.29) is 11.8 Å². The summed E-state index contributed by atoms with van der Waals surface area (Å²) in [6.07, 6.45) is 2.40. The van der Waals surface area contributed by atoms with Crippen molar-refractivity contribution in [1.29, 1.82) is 0 Å². The Balaban J connectivity index is 1.45. The summed E-state index contributed by atoms with van der Waals surface area (Å²) >= 11 is 1.58. The highest BCUT2D eigenvalue weighted by atomic mass is 32.1. The van der Waals surface area contributed by atoms with E-state index in [1.165, 1.54) is 0 Å². The molecule has 2 amide bonds. The molecule has 2 N–H and O–H groups in total. The highest BCUT2D eigenvalue weighted by Gasteiger charge is 2.19. The summed E-state index contributed by atoms with van der Waals surface area (Å²) in [7, 11) is 0. The van der Waals surface area contributed by atoms with Crippen LogP contribution in [0.5, 0.6) is 0 Å². The van der Waals surface area contributed by atoms with Crippen molar-refractivity contribution in [2.45, 2.75) is 32.7 Å². The van der Waals surface area contributed by atoms with Gasteiger partial charge in [0, 0.05) is 33.8 Å². The van der Waals surface area contributed by atoms with Crippen LogP contribution in [0.1, 0.15) is 51.7 Å². The number of nitrogens with one attached hydrogen (secondary N) is 2. The first-order valence-electron chi connectivity index (χ1n) is 10.5. The topological polar surface area (TPSA) is 70.6 Å². The molecule has 0 spiro atoms. The van der Waals surface area contributed by atoms with Gasteiger partial charge in [0.1, 0.15) is 0 Å². The van der Waals surface area contributed by atoms with Gasteiger partial charge in [0.25, 0.3) is 5.91 Å². The lowest BCUT2D eigenvalue weighted by atomic mass is 9.98. The van der Waals surface area contributed by atoms with E-state index in [0.29, 0.717) is 25.1 Å². The number of carbonyl (C=O) groups is 2. The maximum absolute atomic E-state index is 12.4. The van der Waals surface area contributed by atoms with Crippen LogP contribution in [0, 0.1) is 0 Å². The maximum Gasteiger partial charge on any atom is 0.251 e. The summed E-state index contributed by atoms with van der Waals surface area (Å²) in [4.78, 5) is 30.3. The van der Waals surface area contributed by atoms with Crippen LogP contribution < -0.4 is 10.6 Å². The standard InChI is InChI=1S/C25H25N3O2S/c1-2-3-12-26-25(30)18-8-6-17(7-9-18)24-22-14-20(11-10-19(22)16-27-24)28-23(29)15-21-5-4-13-31-21/h4-11,13-14H,2-3,12,15-16H2,1H3,(H,26,30)(H,28,29). The van der Waals surface area contributed by atoms with Gasteiger partial charge in [-0.15, -0.1) is 11.3 Å². The Morgan fingerprint density at radius 3 is 2.68 bits per heavy atom. The lowest BCUT2D eigenvalue weighted by Gasteiger charge is -2.10. The number of amides is 2. The van der Waals surface area contributed by atoms with Gasteiger partial charge < -0.3 is 10.6 Å². The average Bonchev–Trinajstić information content (AvgIpc) is 3.43. The number of anilines is 1. The van der Waals surface area contributed by atoms with E-state index in [1.807, 2.05) is 60.0 Å². The van der Waals surface area contributed by atoms with Crippen molar-refractivity contribution in [2.75, 3.05) is 11.9 Å². The molecule has 2 heterocycles. The fourth-order valence-corrected chi connectivity index (χ4v) is 4.25. The van der Waals surface area contributed by atoms with Crippen LogP contribution in [-0.2, 0) is 17.8 Å². The Kier molecular flexibility index (Phi) is 6.57. The highest BCUT2D eigenvalue weighted by molar-refractivity contribution is 7.10. The van der Waals surface area contributed by atoms with Crippen molar-refractivity contribution in [2.24, 2.45) is 4.99 Å². The maximum atomic E-state index is 12.4. The number of benzene rings is 2. The molecule has 0 radical (unpaired) electrons. The molecule has 0 fully saturated rings. The number of thiophene rings is 1. The van der Waals surface area contributed by atoms with E-state index in [9.17, 15) is 9.59 Å². The molecule has 1 aromatic heterocycles. The first kappa shape index (κ1) is 21.0. The molecule has 158 valence electrons. The van der Waals surface area contributed by atoms with Gasteiger partial charge in [-0.05, 0) is 47.7 Å². The van der Waals surface area contributed by atoms with Crippen LogP contribution in [0.2, 0.25) is 0 Å². The zero-order valence-electron chi connectivity index (χ0n) is 17.5.